The van der Waals surface area contributed by atoms with E-state index in [2.05, 4.69) is 19.0 Å². The molecule has 0 aromatic heterocycles. The second kappa shape index (κ2) is 5.44. The smallest absolute Gasteiger partial charge is 0.155 e. The van der Waals surface area contributed by atoms with Gasteiger partial charge >= 0.3 is 0 Å². The van der Waals surface area contributed by atoms with Crippen LogP contribution in [0.25, 0.3) is 0 Å². The molecule has 3 fully saturated rings. The molecule has 0 saturated heterocycles. The average Bonchev–Trinajstić information content (AvgIpc) is 2.92. The molecule has 3 heteroatoms. The standard InChI is InChI=1S/C21H31NO2/c1-13(22-24)17-6-7-18-16-5-4-14-12-15(23)8-10-20(14,2)19(16)9-11-21(17,18)3/h12,16-19,24H,4-11H2,1-3H3/t16-,17+,18-,19-,20-,21+/m0/s1. The molecule has 3 nitrogen and oxygen atoms in total. The van der Waals surface area contributed by atoms with Gasteiger partial charge in [-0.3, -0.25) is 4.79 Å². The Labute approximate surface area is 145 Å². The first-order chi connectivity index (χ1) is 11.4. The van der Waals surface area contributed by atoms with Gasteiger partial charge in [-0.2, -0.15) is 0 Å². The summed E-state index contributed by atoms with van der Waals surface area (Å²) in [7, 11) is 0. The van der Waals surface area contributed by atoms with Gasteiger partial charge in [-0.1, -0.05) is 24.6 Å². The van der Waals surface area contributed by atoms with E-state index in [1.54, 1.807) is 0 Å². The summed E-state index contributed by atoms with van der Waals surface area (Å²) in [4.78, 5) is 11.9. The van der Waals surface area contributed by atoms with Crippen molar-refractivity contribution >= 4 is 11.5 Å². The molecule has 4 aliphatic rings. The molecule has 0 amide bonds. The Morgan fingerprint density at radius 1 is 1.12 bits per heavy atom. The number of carbonyl (C=O) groups is 1. The van der Waals surface area contributed by atoms with Crippen molar-refractivity contribution in [2.24, 2.45) is 39.7 Å². The summed E-state index contributed by atoms with van der Waals surface area (Å²) in [6.45, 7) is 6.90. The van der Waals surface area contributed by atoms with Gasteiger partial charge in [-0.15, -0.1) is 0 Å². The Morgan fingerprint density at radius 2 is 1.92 bits per heavy atom. The molecule has 0 aromatic carbocycles. The summed E-state index contributed by atoms with van der Waals surface area (Å²) in [6, 6.07) is 0. The quantitative estimate of drug-likeness (QED) is 0.419. The summed E-state index contributed by atoms with van der Waals surface area (Å²) < 4.78 is 0. The van der Waals surface area contributed by atoms with Gasteiger partial charge in [0.05, 0.1) is 5.71 Å². The minimum atomic E-state index is 0.260. The summed E-state index contributed by atoms with van der Waals surface area (Å²) in [5, 5.41) is 12.9. The second-order valence-corrected chi connectivity index (χ2v) is 9.38. The number of allylic oxidation sites excluding steroid dienone is 1. The molecule has 24 heavy (non-hydrogen) atoms. The predicted octanol–water partition coefficient (Wildman–Crippen LogP) is 4.98. The number of carbonyl (C=O) groups excluding carboxylic acids is 1. The molecule has 0 unspecified atom stereocenters. The Kier molecular flexibility index (Phi) is 3.71. The van der Waals surface area contributed by atoms with Gasteiger partial charge in [0.25, 0.3) is 0 Å². The van der Waals surface area contributed by atoms with E-state index in [4.69, 9.17) is 0 Å². The normalized spacial score (nSPS) is 48.4. The van der Waals surface area contributed by atoms with Crippen LogP contribution in [0.5, 0.6) is 0 Å². The fraction of sp³-hybridized carbons (Fsp3) is 0.810. The Balaban J connectivity index is 1.66. The highest BCUT2D eigenvalue weighted by Crippen LogP contribution is 2.66. The van der Waals surface area contributed by atoms with Crippen molar-refractivity contribution in [2.75, 3.05) is 0 Å². The predicted molar refractivity (Wildman–Crippen MR) is 95.1 cm³/mol. The van der Waals surface area contributed by atoms with Gasteiger partial charge in [0.2, 0.25) is 0 Å². The van der Waals surface area contributed by atoms with Gasteiger partial charge in [0, 0.05) is 12.3 Å². The first-order valence-electron chi connectivity index (χ1n) is 9.82. The third kappa shape index (κ3) is 2.09. The summed E-state index contributed by atoms with van der Waals surface area (Å²) in [5.41, 5.74) is 2.95. The molecule has 3 saturated carbocycles. The summed E-state index contributed by atoms with van der Waals surface area (Å²) in [5.74, 6) is 3.08. The Bertz CT molecular complexity index is 621. The van der Waals surface area contributed by atoms with E-state index in [1.807, 2.05) is 13.0 Å². The van der Waals surface area contributed by atoms with Crippen LogP contribution >= 0.6 is 0 Å². The van der Waals surface area contributed by atoms with Crippen LogP contribution in [0.1, 0.15) is 72.1 Å². The first kappa shape index (κ1) is 16.4. The Hall–Kier alpha value is -1.12. The van der Waals surface area contributed by atoms with Gasteiger partial charge in [0.1, 0.15) is 0 Å². The number of oxime groups is 1. The van der Waals surface area contributed by atoms with E-state index in [0.717, 1.165) is 42.7 Å². The number of hydrogen-bond acceptors (Lipinski definition) is 3. The number of ketones is 1. The molecule has 4 rings (SSSR count). The van der Waals surface area contributed by atoms with Crippen LogP contribution in [-0.2, 0) is 4.79 Å². The van der Waals surface area contributed by atoms with Crippen molar-refractivity contribution in [1.29, 1.82) is 0 Å². The first-order valence-corrected chi connectivity index (χ1v) is 9.82. The minimum Gasteiger partial charge on any atom is -0.411 e. The van der Waals surface area contributed by atoms with Crippen LogP contribution in [0.15, 0.2) is 16.8 Å². The lowest BCUT2D eigenvalue weighted by molar-refractivity contribution is -0.117. The van der Waals surface area contributed by atoms with Crippen LogP contribution in [0.4, 0.5) is 0 Å². The zero-order valence-electron chi connectivity index (χ0n) is 15.3. The Morgan fingerprint density at radius 3 is 2.67 bits per heavy atom. The van der Waals surface area contributed by atoms with Crippen molar-refractivity contribution in [3.05, 3.63) is 11.6 Å². The van der Waals surface area contributed by atoms with Crippen molar-refractivity contribution in [1.82, 2.24) is 0 Å². The fourth-order valence-corrected chi connectivity index (χ4v) is 7.32. The molecular formula is C21H31NO2. The van der Waals surface area contributed by atoms with E-state index in [9.17, 15) is 10.0 Å². The number of rotatable bonds is 1. The van der Waals surface area contributed by atoms with Gasteiger partial charge < -0.3 is 5.21 Å². The van der Waals surface area contributed by atoms with E-state index >= 15 is 0 Å². The lowest BCUT2D eigenvalue weighted by atomic mass is 9.46. The monoisotopic (exact) mass is 329 g/mol. The summed E-state index contributed by atoms with van der Waals surface area (Å²) in [6.07, 6.45) is 11.1. The summed E-state index contributed by atoms with van der Waals surface area (Å²) >= 11 is 0. The number of nitrogens with zero attached hydrogens (tertiary/aromatic N) is 1. The van der Waals surface area contributed by atoms with E-state index < -0.39 is 0 Å². The second-order valence-electron chi connectivity index (χ2n) is 9.38. The molecule has 132 valence electrons. The molecular weight excluding hydrogens is 298 g/mol. The van der Waals surface area contributed by atoms with Crippen LogP contribution < -0.4 is 0 Å². The lowest BCUT2D eigenvalue weighted by Crippen LogP contribution is -2.51. The van der Waals surface area contributed by atoms with Crippen molar-refractivity contribution in [2.45, 2.75) is 72.1 Å². The highest BCUT2D eigenvalue weighted by Gasteiger charge is 2.59. The van der Waals surface area contributed by atoms with Gasteiger partial charge in [0.15, 0.2) is 5.78 Å². The maximum Gasteiger partial charge on any atom is 0.155 e. The van der Waals surface area contributed by atoms with E-state index in [0.29, 0.717) is 17.1 Å². The highest BCUT2D eigenvalue weighted by molar-refractivity contribution is 5.91. The fourth-order valence-electron chi connectivity index (χ4n) is 7.32. The van der Waals surface area contributed by atoms with Crippen molar-refractivity contribution in [3.8, 4) is 0 Å². The van der Waals surface area contributed by atoms with E-state index in [1.165, 1.54) is 37.7 Å². The zero-order valence-corrected chi connectivity index (χ0v) is 15.3. The molecule has 6 atom stereocenters. The average molecular weight is 329 g/mol. The van der Waals surface area contributed by atoms with Crippen molar-refractivity contribution in [3.63, 3.8) is 0 Å². The minimum absolute atomic E-state index is 0.260. The largest absolute Gasteiger partial charge is 0.411 e. The molecule has 1 N–H and O–H groups in total. The van der Waals surface area contributed by atoms with Crippen LogP contribution in [0, 0.1) is 34.5 Å². The highest BCUT2D eigenvalue weighted by atomic mass is 16.4. The van der Waals surface area contributed by atoms with Crippen LogP contribution in [0.2, 0.25) is 0 Å². The molecule has 0 radical (unpaired) electrons. The van der Waals surface area contributed by atoms with E-state index in [-0.39, 0.29) is 5.41 Å². The zero-order chi connectivity index (χ0) is 17.1. The maximum absolute atomic E-state index is 11.9. The number of hydrogen-bond donors (Lipinski definition) is 1. The topological polar surface area (TPSA) is 49.7 Å². The lowest BCUT2D eigenvalue weighted by Gasteiger charge is -2.58. The van der Waals surface area contributed by atoms with Gasteiger partial charge in [-0.05, 0) is 86.5 Å². The SMILES string of the molecule is CC(=NO)[C@H]1CC[C@H]2[C@@H]3CCC4=CC(=O)CC[C@]4(C)[C@H]3CC[C@]12C. The molecule has 0 bridgehead atoms. The van der Waals surface area contributed by atoms with Crippen LogP contribution in [-0.4, -0.2) is 16.7 Å². The molecule has 0 spiro atoms. The molecule has 4 aliphatic carbocycles. The van der Waals surface area contributed by atoms with Crippen LogP contribution in [0.3, 0.4) is 0 Å². The molecule has 0 aromatic rings. The maximum atomic E-state index is 11.9. The molecule has 0 heterocycles. The third-order valence-corrected chi connectivity index (χ3v) is 8.62. The molecule has 0 aliphatic heterocycles. The number of fused-ring (bicyclic) bond motifs is 5. The van der Waals surface area contributed by atoms with Gasteiger partial charge in [-0.25, -0.2) is 0 Å². The third-order valence-electron chi connectivity index (χ3n) is 8.62. The van der Waals surface area contributed by atoms with Crippen molar-refractivity contribution < 1.29 is 10.0 Å².